The highest BCUT2D eigenvalue weighted by atomic mass is 32.2. The highest BCUT2D eigenvalue weighted by molar-refractivity contribution is 7.98. The SMILES string of the molecule is CSc1cc(C(F)(F)F)cc(C(F)(F)F)c1C(=O)/N=C1\COCC[C@H]1N1CCCC1. The number of hydrogen-bond acceptors (Lipinski definition) is 4. The molecule has 11 heteroatoms. The number of ether oxygens (including phenoxy) is 1. The maximum atomic E-state index is 13.6. The van der Waals surface area contributed by atoms with Crippen molar-refractivity contribution in [3.05, 3.63) is 28.8 Å². The zero-order chi connectivity index (χ0) is 22.1. The maximum Gasteiger partial charge on any atom is 0.417 e. The predicted octanol–water partition coefficient (Wildman–Crippen LogP) is 4.91. The van der Waals surface area contributed by atoms with E-state index in [0.717, 1.165) is 25.9 Å². The van der Waals surface area contributed by atoms with Crippen LogP contribution in [0.25, 0.3) is 0 Å². The predicted molar refractivity (Wildman–Crippen MR) is 100 cm³/mol. The van der Waals surface area contributed by atoms with Crippen LogP contribution in [0.4, 0.5) is 26.3 Å². The number of amides is 1. The van der Waals surface area contributed by atoms with E-state index in [1.165, 1.54) is 6.26 Å². The van der Waals surface area contributed by atoms with Gasteiger partial charge < -0.3 is 4.74 Å². The van der Waals surface area contributed by atoms with Crippen LogP contribution in [0.1, 0.15) is 40.7 Å². The van der Waals surface area contributed by atoms with Gasteiger partial charge in [-0.3, -0.25) is 9.69 Å². The molecule has 0 bridgehead atoms. The minimum Gasteiger partial charge on any atom is -0.375 e. The molecular formula is C19H20F6N2O2S. The smallest absolute Gasteiger partial charge is 0.375 e. The molecule has 2 aliphatic heterocycles. The molecule has 2 heterocycles. The molecule has 0 radical (unpaired) electrons. The highest BCUT2D eigenvalue weighted by Gasteiger charge is 2.41. The maximum absolute atomic E-state index is 13.6. The Morgan fingerprint density at radius 1 is 1.13 bits per heavy atom. The second kappa shape index (κ2) is 8.88. The summed E-state index contributed by atoms with van der Waals surface area (Å²) in [6.07, 6.45) is -6.29. The lowest BCUT2D eigenvalue weighted by atomic mass is 10.0. The minimum absolute atomic E-state index is 0.00347. The Morgan fingerprint density at radius 3 is 2.37 bits per heavy atom. The number of hydrogen-bond donors (Lipinski definition) is 0. The first-order chi connectivity index (χ1) is 14.0. The van der Waals surface area contributed by atoms with Crippen molar-refractivity contribution in [1.29, 1.82) is 0 Å². The average molecular weight is 454 g/mol. The molecule has 0 aromatic heterocycles. The van der Waals surface area contributed by atoms with E-state index in [2.05, 4.69) is 9.89 Å². The monoisotopic (exact) mass is 454 g/mol. The van der Waals surface area contributed by atoms with Crippen LogP contribution in [0.5, 0.6) is 0 Å². The molecule has 1 atom stereocenters. The summed E-state index contributed by atoms with van der Waals surface area (Å²) < 4.78 is 85.4. The van der Waals surface area contributed by atoms with Crippen molar-refractivity contribution >= 4 is 23.4 Å². The number of thioether (sulfide) groups is 1. The van der Waals surface area contributed by atoms with E-state index in [1.54, 1.807) is 0 Å². The van der Waals surface area contributed by atoms with Crippen molar-refractivity contribution in [3.8, 4) is 0 Å². The van der Waals surface area contributed by atoms with Gasteiger partial charge in [-0.1, -0.05) is 0 Å². The van der Waals surface area contributed by atoms with E-state index in [4.69, 9.17) is 4.74 Å². The third-order valence-electron chi connectivity index (χ3n) is 5.17. The molecule has 1 aromatic carbocycles. The molecule has 0 N–H and O–H groups in total. The Labute approximate surface area is 173 Å². The third kappa shape index (κ3) is 5.00. The van der Waals surface area contributed by atoms with Gasteiger partial charge in [0.1, 0.15) is 0 Å². The van der Waals surface area contributed by atoms with Gasteiger partial charge >= 0.3 is 12.4 Å². The number of carbonyl (C=O) groups excluding carboxylic acids is 1. The van der Waals surface area contributed by atoms with Crippen LogP contribution in [0.15, 0.2) is 22.0 Å². The first-order valence-corrected chi connectivity index (χ1v) is 10.5. The second-order valence-corrected chi connectivity index (χ2v) is 7.95. The zero-order valence-corrected chi connectivity index (χ0v) is 16.9. The van der Waals surface area contributed by atoms with E-state index in [9.17, 15) is 31.1 Å². The van der Waals surface area contributed by atoms with E-state index < -0.39 is 39.8 Å². The van der Waals surface area contributed by atoms with Crippen molar-refractivity contribution < 1.29 is 35.9 Å². The Morgan fingerprint density at radius 2 is 1.80 bits per heavy atom. The van der Waals surface area contributed by atoms with E-state index in [-0.39, 0.29) is 18.7 Å². The van der Waals surface area contributed by atoms with Crippen molar-refractivity contribution in [1.82, 2.24) is 4.90 Å². The van der Waals surface area contributed by atoms with E-state index in [1.807, 2.05) is 0 Å². The van der Waals surface area contributed by atoms with E-state index in [0.29, 0.717) is 36.6 Å². The van der Waals surface area contributed by atoms with Crippen LogP contribution in [0.2, 0.25) is 0 Å². The second-order valence-electron chi connectivity index (χ2n) is 7.11. The average Bonchev–Trinajstić information content (AvgIpc) is 3.20. The topological polar surface area (TPSA) is 41.9 Å². The molecule has 4 nitrogen and oxygen atoms in total. The number of aliphatic imine (C=N–C) groups is 1. The number of nitrogens with zero attached hydrogens (tertiary/aromatic N) is 2. The minimum atomic E-state index is -5.14. The Balaban J connectivity index is 2.06. The molecule has 0 aliphatic carbocycles. The van der Waals surface area contributed by atoms with Gasteiger partial charge in [-0.05, 0) is 50.7 Å². The number of alkyl halides is 6. The van der Waals surface area contributed by atoms with Gasteiger partial charge in [0.15, 0.2) is 0 Å². The molecule has 0 saturated carbocycles. The fourth-order valence-corrected chi connectivity index (χ4v) is 4.40. The van der Waals surface area contributed by atoms with Gasteiger partial charge in [0, 0.05) is 11.5 Å². The molecule has 3 rings (SSSR count). The molecule has 0 unspecified atom stereocenters. The normalized spacial score (nSPS) is 22.6. The van der Waals surface area contributed by atoms with E-state index >= 15 is 0 Å². The molecule has 30 heavy (non-hydrogen) atoms. The summed E-state index contributed by atoms with van der Waals surface area (Å²) in [6.45, 7) is 2.03. The van der Waals surface area contributed by atoms with Crippen LogP contribution >= 0.6 is 11.8 Å². The van der Waals surface area contributed by atoms with Crippen LogP contribution in [0, 0.1) is 0 Å². The van der Waals surface area contributed by atoms with Crippen LogP contribution in [-0.2, 0) is 17.1 Å². The molecule has 166 valence electrons. The van der Waals surface area contributed by atoms with Crippen molar-refractivity contribution in [3.63, 3.8) is 0 Å². The van der Waals surface area contributed by atoms with Gasteiger partial charge in [-0.25, -0.2) is 4.99 Å². The fraction of sp³-hybridized carbons (Fsp3) is 0.579. The number of rotatable bonds is 3. The summed E-state index contributed by atoms with van der Waals surface area (Å²) in [5.41, 5.74) is -3.64. The molecule has 1 aromatic rings. The van der Waals surface area contributed by atoms with Crippen molar-refractivity contribution in [2.75, 3.05) is 32.6 Å². The zero-order valence-electron chi connectivity index (χ0n) is 16.1. The van der Waals surface area contributed by atoms with Crippen LogP contribution in [0.3, 0.4) is 0 Å². The number of halogens is 6. The first kappa shape index (κ1) is 23.1. The molecular weight excluding hydrogens is 434 g/mol. The summed E-state index contributed by atoms with van der Waals surface area (Å²) >= 11 is 0.641. The highest BCUT2D eigenvalue weighted by Crippen LogP contribution is 2.41. The van der Waals surface area contributed by atoms with Gasteiger partial charge in [-0.15, -0.1) is 11.8 Å². The van der Waals surface area contributed by atoms with Crippen LogP contribution < -0.4 is 0 Å². The molecule has 0 spiro atoms. The largest absolute Gasteiger partial charge is 0.417 e. The summed E-state index contributed by atoms with van der Waals surface area (Å²) in [4.78, 5) is 18.4. The van der Waals surface area contributed by atoms with Crippen LogP contribution in [-0.4, -0.2) is 55.1 Å². The quantitative estimate of drug-likeness (QED) is 0.481. The standard InChI is InChI=1S/C19H20F6N2O2S/c1-30-15-9-11(18(20,21)22)8-12(19(23,24)25)16(15)17(28)26-13-10-29-7-4-14(13)27-5-2-3-6-27/h8-9,14H,2-7,10H2,1H3/b26-13+/t14-/m1/s1. The Bertz CT molecular complexity index is 832. The number of carbonyl (C=O) groups is 1. The first-order valence-electron chi connectivity index (χ1n) is 9.32. The molecule has 1 amide bonds. The Hall–Kier alpha value is -1.59. The van der Waals surface area contributed by atoms with Gasteiger partial charge in [0.05, 0.1) is 35.1 Å². The van der Waals surface area contributed by atoms with Gasteiger partial charge in [-0.2, -0.15) is 26.3 Å². The summed E-state index contributed by atoms with van der Waals surface area (Å²) in [7, 11) is 0. The Kier molecular flexibility index (Phi) is 6.83. The fourth-order valence-electron chi connectivity index (χ4n) is 3.76. The number of benzene rings is 1. The molecule has 2 fully saturated rings. The summed E-state index contributed by atoms with van der Waals surface area (Å²) in [6, 6.07) is 0.317. The lowest BCUT2D eigenvalue weighted by molar-refractivity contribution is -0.143. The molecule has 2 saturated heterocycles. The number of likely N-dealkylation sites (tertiary alicyclic amines) is 1. The lowest BCUT2D eigenvalue weighted by Crippen LogP contribution is -2.45. The summed E-state index contributed by atoms with van der Waals surface area (Å²) in [5.74, 6) is -1.20. The van der Waals surface area contributed by atoms with Crippen molar-refractivity contribution in [2.45, 2.75) is 42.6 Å². The van der Waals surface area contributed by atoms with Gasteiger partial charge in [0.25, 0.3) is 5.91 Å². The molecule has 2 aliphatic rings. The lowest BCUT2D eigenvalue weighted by Gasteiger charge is -2.32. The van der Waals surface area contributed by atoms with Gasteiger partial charge in [0.2, 0.25) is 0 Å². The summed E-state index contributed by atoms with van der Waals surface area (Å²) in [5, 5.41) is 0. The van der Waals surface area contributed by atoms with Crippen molar-refractivity contribution in [2.24, 2.45) is 4.99 Å². The third-order valence-corrected chi connectivity index (χ3v) is 5.93.